The van der Waals surface area contributed by atoms with Gasteiger partial charge < -0.3 is 19.9 Å². The second kappa shape index (κ2) is 12.3. The Morgan fingerprint density at radius 3 is 2.58 bits per heavy atom. The number of aromatic nitrogens is 1. The maximum Gasteiger partial charge on any atom is 0.248 e. The predicted octanol–water partition coefficient (Wildman–Crippen LogP) is 7.59. The van der Waals surface area contributed by atoms with Crippen LogP contribution in [0, 0.1) is 5.41 Å². The van der Waals surface area contributed by atoms with Crippen LogP contribution in [0.2, 0.25) is 0 Å². The highest BCUT2D eigenvalue weighted by Gasteiger charge is 2.64. The Morgan fingerprint density at radius 1 is 1.02 bits per heavy atom. The molecule has 8 rings (SSSR count). The van der Waals surface area contributed by atoms with Crippen LogP contribution in [0.3, 0.4) is 0 Å². The van der Waals surface area contributed by atoms with Gasteiger partial charge in [-0.25, -0.2) is 0 Å². The predicted molar refractivity (Wildman–Crippen MR) is 190 cm³/mol. The lowest BCUT2D eigenvalue weighted by molar-refractivity contribution is -0.136. The number of methoxy groups -OCH3 is 1. The Labute approximate surface area is 283 Å². The topological polar surface area (TPSA) is 80.8 Å². The molecule has 4 aliphatic rings. The fourth-order valence-corrected chi connectivity index (χ4v) is 9.10. The number of hydrogen-bond acceptors (Lipinski definition) is 4. The quantitative estimate of drug-likeness (QED) is 0.204. The number of hydrogen-bond donors (Lipinski definition) is 1. The Kier molecular flexibility index (Phi) is 7.91. The third-order valence-corrected chi connectivity index (χ3v) is 11.7. The highest BCUT2D eigenvalue weighted by atomic mass is 16.5. The smallest absolute Gasteiger partial charge is 0.248 e. The molecule has 2 amide bonds. The number of nitrogens with two attached hydrogens (primary N) is 1. The van der Waals surface area contributed by atoms with E-state index in [2.05, 4.69) is 82.0 Å². The molecule has 3 heterocycles. The molecule has 48 heavy (non-hydrogen) atoms. The van der Waals surface area contributed by atoms with Crippen LogP contribution in [0.1, 0.15) is 90.8 Å². The summed E-state index contributed by atoms with van der Waals surface area (Å²) in [6, 6.07) is 23.1. The first-order valence-corrected chi connectivity index (χ1v) is 17.8. The molecule has 2 fully saturated rings. The summed E-state index contributed by atoms with van der Waals surface area (Å²) in [6.07, 6.45) is 11.9. The van der Waals surface area contributed by atoms with Crippen LogP contribution in [-0.2, 0) is 17.9 Å². The molecule has 7 heteroatoms. The molecule has 3 aromatic carbocycles. The Morgan fingerprint density at radius 2 is 1.83 bits per heavy atom. The minimum Gasteiger partial charge on any atom is -0.497 e. The molecule has 3 atom stereocenters. The van der Waals surface area contributed by atoms with Gasteiger partial charge in [0.2, 0.25) is 11.8 Å². The second-order valence-electron chi connectivity index (χ2n) is 14.4. The van der Waals surface area contributed by atoms with E-state index in [0.29, 0.717) is 18.0 Å². The van der Waals surface area contributed by atoms with Gasteiger partial charge in [0, 0.05) is 53.8 Å². The van der Waals surface area contributed by atoms with Crippen molar-refractivity contribution < 1.29 is 14.3 Å². The van der Waals surface area contributed by atoms with Gasteiger partial charge in [-0.05, 0) is 85.2 Å². The minimum absolute atomic E-state index is 0.0878. The van der Waals surface area contributed by atoms with Crippen molar-refractivity contribution in [1.29, 1.82) is 0 Å². The van der Waals surface area contributed by atoms with Gasteiger partial charge in [0.25, 0.3) is 0 Å². The van der Waals surface area contributed by atoms with Gasteiger partial charge in [-0.15, -0.1) is 0 Å². The lowest BCUT2D eigenvalue weighted by Gasteiger charge is -2.32. The minimum atomic E-state index is -0.589. The van der Waals surface area contributed by atoms with Crippen molar-refractivity contribution in [2.24, 2.45) is 11.1 Å². The van der Waals surface area contributed by atoms with Gasteiger partial charge in [0.1, 0.15) is 5.75 Å². The molecular weight excluding hydrogens is 596 g/mol. The lowest BCUT2D eigenvalue weighted by atomic mass is 9.81. The van der Waals surface area contributed by atoms with Crippen LogP contribution in [0.25, 0.3) is 22.2 Å². The zero-order chi connectivity index (χ0) is 33.0. The number of nitrogens with zero attached hydrogens (tertiary/aromatic N) is 3. The van der Waals surface area contributed by atoms with E-state index in [1.807, 2.05) is 18.3 Å². The molecule has 2 aliphatic carbocycles. The summed E-state index contributed by atoms with van der Waals surface area (Å²) in [5.41, 5.74) is 13.0. The third kappa shape index (κ3) is 5.14. The third-order valence-electron chi connectivity index (χ3n) is 11.7. The number of rotatable bonds is 9. The van der Waals surface area contributed by atoms with Gasteiger partial charge in [-0.3, -0.25) is 14.5 Å². The summed E-state index contributed by atoms with van der Waals surface area (Å²) in [5.74, 6) is 1.12. The Bertz CT molecular complexity index is 1910. The SMILES string of the molecule is CCN(Cc1ccccc1)C[C@@H]1CC=CN1C(=O)C12CC1c1cc(OC)ccc1-c1c(C3CCCCC3)c3ccc(C(N)=O)cc3n1C2. The van der Waals surface area contributed by atoms with Crippen molar-refractivity contribution in [1.82, 2.24) is 14.4 Å². The summed E-state index contributed by atoms with van der Waals surface area (Å²) in [7, 11) is 1.72. The van der Waals surface area contributed by atoms with E-state index in [4.69, 9.17) is 10.5 Å². The zero-order valence-electron chi connectivity index (χ0n) is 28.2. The monoisotopic (exact) mass is 642 g/mol. The van der Waals surface area contributed by atoms with Crippen molar-refractivity contribution in [2.45, 2.75) is 82.8 Å². The summed E-state index contributed by atoms with van der Waals surface area (Å²) < 4.78 is 8.16. The molecule has 7 nitrogen and oxygen atoms in total. The van der Waals surface area contributed by atoms with E-state index >= 15 is 4.79 Å². The van der Waals surface area contributed by atoms with Crippen LogP contribution in [0.15, 0.2) is 79.0 Å². The van der Waals surface area contributed by atoms with Crippen molar-refractivity contribution in [2.75, 3.05) is 20.2 Å². The number of amides is 2. The normalized spacial score (nSPS) is 23.1. The fourth-order valence-electron chi connectivity index (χ4n) is 9.10. The largest absolute Gasteiger partial charge is 0.497 e. The van der Waals surface area contributed by atoms with Crippen molar-refractivity contribution in [3.8, 4) is 17.0 Å². The molecule has 248 valence electrons. The van der Waals surface area contributed by atoms with Gasteiger partial charge in [0.05, 0.1) is 24.3 Å². The van der Waals surface area contributed by atoms with Gasteiger partial charge in [-0.2, -0.15) is 0 Å². The molecule has 0 bridgehead atoms. The van der Waals surface area contributed by atoms with Crippen LogP contribution >= 0.6 is 0 Å². The van der Waals surface area contributed by atoms with Crippen LogP contribution in [-0.4, -0.2) is 52.4 Å². The van der Waals surface area contributed by atoms with E-state index < -0.39 is 11.3 Å². The molecule has 1 aromatic heterocycles. The molecule has 0 spiro atoms. The second-order valence-corrected chi connectivity index (χ2v) is 14.4. The molecule has 0 radical (unpaired) electrons. The lowest BCUT2D eigenvalue weighted by Crippen LogP contribution is -2.45. The molecule has 4 aromatic rings. The number of primary amides is 1. The summed E-state index contributed by atoms with van der Waals surface area (Å²) in [4.78, 5) is 32.1. The number of likely N-dealkylation sites (N-methyl/N-ethyl adjacent to an activating group) is 1. The molecule has 2 aliphatic heterocycles. The highest BCUT2D eigenvalue weighted by molar-refractivity contribution is 6.01. The maximum absolute atomic E-state index is 15.1. The van der Waals surface area contributed by atoms with Crippen LogP contribution in [0.4, 0.5) is 0 Å². The summed E-state index contributed by atoms with van der Waals surface area (Å²) in [6.45, 7) is 5.38. The number of ether oxygens (including phenoxy) is 1. The average molecular weight is 643 g/mol. The van der Waals surface area contributed by atoms with Crippen LogP contribution < -0.4 is 10.5 Å². The summed E-state index contributed by atoms with van der Waals surface area (Å²) >= 11 is 0. The first kappa shape index (κ1) is 30.9. The molecule has 2 saturated carbocycles. The fraction of sp³-hybridized carbons (Fsp3) is 0.415. The zero-order valence-corrected chi connectivity index (χ0v) is 28.2. The highest BCUT2D eigenvalue weighted by Crippen LogP contribution is 2.66. The van der Waals surface area contributed by atoms with Gasteiger partial charge >= 0.3 is 0 Å². The first-order valence-electron chi connectivity index (χ1n) is 17.8. The van der Waals surface area contributed by atoms with Crippen molar-refractivity contribution in [3.05, 3.63) is 101 Å². The van der Waals surface area contributed by atoms with Gasteiger partial charge in [0.15, 0.2) is 0 Å². The van der Waals surface area contributed by atoms with Crippen molar-refractivity contribution in [3.63, 3.8) is 0 Å². The Balaban J connectivity index is 1.22. The maximum atomic E-state index is 15.1. The van der Waals surface area contributed by atoms with Gasteiger partial charge in [-0.1, -0.05) is 68.7 Å². The molecular formula is C41H46N4O3. The standard InChI is InChI=1S/C41H46N4O3/c1-3-43(24-27-11-6-4-7-12-27)25-30-15-10-20-44(30)40(47)41-23-35(41)34-22-31(48-2)17-19-32(34)38-37(28-13-8-5-9-14-28)33-18-16-29(39(42)46)21-36(33)45(38)26-41/h4,6-7,10-12,16-22,28,30,35H,3,5,8-9,13-15,23-26H2,1-2H3,(H2,42,46)/t30-,35?,41?/m0/s1. The number of benzene rings is 3. The van der Waals surface area contributed by atoms with Crippen LogP contribution in [0.5, 0.6) is 5.75 Å². The van der Waals surface area contributed by atoms with E-state index in [-0.39, 0.29) is 17.9 Å². The van der Waals surface area contributed by atoms with E-state index in [9.17, 15) is 4.79 Å². The number of carbonyl (C=O) groups excluding carboxylic acids is 2. The molecule has 2 N–H and O–H groups in total. The number of fused-ring (bicyclic) bond motifs is 7. The molecule has 0 saturated heterocycles. The first-order chi connectivity index (χ1) is 23.4. The summed E-state index contributed by atoms with van der Waals surface area (Å²) in [5, 5.41) is 1.18. The van der Waals surface area contributed by atoms with E-state index in [0.717, 1.165) is 56.6 Å². The van der Waals surface area contributed by atoms with E-state index in [1.165, 1.54) is 52.6 Å². The van der Waals surface area contributed by atoms with E-state index in [1.54, 1.807) is 7.11 Å². The average Bonchev–Trinajstić information content (AvgIpc) is 3.56. The Hall–Kier alpha value is -4.36. The number of carbonyl (C=O) groups is 2. The molecule has 2 unspecified atom stereocenters. The van der Waals surface area contributed by atoms with Crippen molar-refractivity contribution >= 4 is 22.7 Å².